The quantitative estimate of drug-likeness (QED) is 0.421. The Bertz CT molecular complexity index is 982. The Morgan fingerprint density at radius 1 is 1.20 bits per heavy atom. The van der Waals surface area contributed by atoms with Gasteiger partial charge in [0, 0.05) is 24.7 Å². The second-order valence-electron chi connectivity index (χ2n) is 9.16. The third kappa shape index (κ3) is 8.48. The molecule has 2 heterocycles. The standard InChI is InChI=1S/C25H37N7O3/c1-18-16-28-23(17-27-18)30-25(34)29-21-9-8-19(15-22(21)35-14-6-12-31(2)3)24(33)26-11-10-20-7-5-13-32(20)4/h8-9,15-17,20H,5-7,10-14H2,1-4H3,(H,26,33)(H2,28,29,30,34). The fourth-order valence-corrected chi connectivity index (χ4v) is 3.97. The number of amides is 3. The van der Waals surface area contributed by atoms with Gasteiger partial charge in [0.1, 0.15) is 5.75 Å². The van der Waals surface area contributed by atoms with E-state index in [-0.39, 0.29) is 5.91 Å². The molecule has 0 aliphatic carbocycles. The highest BCUT2D eigenvalue weighted by atomic mass is 16.5. The number of hydrogen-bond donors (Lipinski definition) is 3. The summed E-state index contributed by atoms with van der Waals surface area (Å²) in [4.78, 5) is 38.0. The predicted molar refractivity (Wildman–Crippen MR) is 137 cm³/mol. The topological polar surface area (TPSA) is 112 Å². The van der Waals surface area contributed by atoms with Gasteiger partial charge in [-0.05, 0) is 78.5 Å². The van der Waals surface area contributed by atoms with Gasteiger partial charge in [-0.1, -0.05) is 0 Å². The maximum Gasteiger partial charge on any atom is 0.324 e. The molecule has 1 aromatic carbocycles. The van der Waals surface area contributed by atoms with E-state index < -0.39 is 6.03 Å². The van der Waals surface area contributed by atoms with Gasteiger partial charge in [-0.25, -0.2) is 9.78 Å². The van der Waals surface area contributed by atoms with Gasteiger partial charge < -0.3 is 25.2 Å². The molecule has 190 valence electrons. The molecular weight excluding hydrogens is 446 g/mol. The molecule has 1 aromatic heterocycles. The van der Waals surface area contributed by atoms with Crippen molar-refractivity contribution in [2.45, 2.75) is 38.6 Å². The summed E-state index contributed by atoms with van der Waals surface area (Å²) in [5.41, 5.74) is 1.72. The van der Waals surface area contributed by atoms with Crippen LogP contribution in [0.25, 0.3) is 0 Å². The Labute approximate surface area is 207 Å². The first kappa shape index (κ1) is 26.4. The molecule has 0 spiro atoms. The Morgan fingerprint density at radius 2 is 2.03 bits per heavy atom. The summed E-state index contributed by atoms with van der Waals surface area (Å²) >= 11 is 0. The number of ether oxygens (including phenoxy) is 1. The van der Waals surface area contributed by atoms with Crippen LogP contribution in [0.1, 0.15) is 41.7 Å². The van der Waals surface area contributed by atoms with Gasteiger partial charge in [-0.15, -0.1) is 0 Å². The molecule has 2 aromatic rings. The average molecular weight is 484 g/mol. The number of likely N-dealkylation sites (tertiary alicyclic amines) is 1. The van der Waals surface area contributed by atoms with Crippen LogP contribution in [0.5, 0.6) is 5.75 Å². The molecule has 1 aliphatic rings. The number of nitrogens with one attached hydrogen (secondary N) is 3. The molecule has 1 fully saturated rings. The SMILES string of the molecule is Cc1cnc(NC(=O)Nc2ccc(C(=O)NCCC3CCCN3C)cc2OCCCN(C)C)cn1. The number of aryl methyl sites for hydroxylation is 1. The molecule has 10 heteroatoms. The number of rotatable bonds is 11. The fourth-order valence-electron chi connectivity index (χ4n) is 3.97. The average Bonchev–Trinajstić information content (AvgIpc) is 3.23. The highest BCUT2D eigenvalue weighted by molar-refractivity contribution is 6.01. The highest BCUT2D eigenvalue weighted by Gasteiger charge is 2.20. The third-order valence-corrected chi connectivity index (χ3v) is 5.96. The number of anilines is 2. The van der Waals surface area contributed by atoms with Crippen LogP contribution in [0.15, 0.2) is 30.6 Å². The normalized spacial score (nSPS) is 15.7. The van der Waals surface area contributed by atoms with Gasteiger partial charge in [0.15, 0.2) is 5.82 Å². The molecule has 0 bridgehead atoms. The molecule has 10 nitrogen and oxygen atoms in total. The van der Waals surface area contributed by atoms with Gasteiger partial charge in [0.25, 0.3) is 5.91 Å². The van der Waals surface area contributed by atoms with E-state index >= 15 is 0 Å². The van der Waals surface area contributed by atoms with Crippen molar-refractivity contribution in [3.05, 3.63) is 41.9 Å². The van der Waals surface area contributed by atoms with Crippen molar-refractivity contribution >= 4 is 23.4 Å². The molecule has 3 amide bonds. The molecule has 1 unspecified atom stereocenters. The second kappa shape index (κ2) is 13.0. The van der Waals surface area contributed by atoms with Crippen LogP contribution in [0.3, 0.4) is 0 Å². The van der Waals surface area contributed by atoms with E-state index in [0.29, 0.717) is 42.0 Å². The lowest BCUT2D eigenvalue weighted by Crippen LogP contribution is -2.31. The zero-order valence-corrected chi connectivity index (χ0v) is 21.1. The van der Waals surface area contributed by atoms with E-state index in [9.17, 15) is 9.59 Å². The van der Waals surface area contributed by atoms with Crippen LogP contribution in [-0.2, 0) is 0 Å². The summed E-state index contributed by atoms with van der Waals surface area (Å²) in [6, 6.07) is 5.09. The summed E-state index contributed by atoms with van der Waals surface area (Å²) in [5.74, 6) is 0.622. The molecular formula is C25H37N7O3. The van der Waals surface area contributed by atoms with Gasteiger partial charge >= 0.3 is 6.03 Å². The van der Waals surface area contributed by atoms with Crippen molar-refractivity contribution in [3.63, 3.8) is 0 Å². The molecule has 3 N–H and O–H groups in total. The van der Waals surface area contributed by atoms with Crippen LogP contribution in [-0.4, -0.2) is 85.1 Å². The molecule has 35 heavy (non-hydrogen) atoms. The fraction of sp³-hybridized carbons (Fsp3) is 0.520. The van der Waals surface area contributed by atoms with Gasteiger partial charge in [0.05, 0.1) is 30.4 Å². The first-order valence-electron chi connectivity index (χ1n) is 12.1. The van der Waals surface area contributed by atoms with E-state index in [2.05, 4.69) is 42.8 Å². The summed E-state index contributed by atoms with van der Waals surface area (Å²) < 4.78 is 5.96. The van der Waals surface area contributed by atoms with Crippen LogP contribution in [0.2, 0.25) is 0 Å². The smallest absolute Gasteiger partial charge is 0.324 e. The van der Waals surface area contributed by atoms with Crippen LogP contribution >= 0.6 is 0 Å². The molecule has 1 aliphatic heterocycles. The number of carbonyl (C=O) groups is 2. The van der Waals surface area contributed by atoms with Gasteiger partial charge in [-0.2, -0.15) is 0 Å². The lowest BCUT2D eigenvalue weighted by Gasteiger charge is -2.19. The summed E-state index contributed by atoms with van der Waals surface area (Å²) in [5, 5.41) is 8.45. The Hall–Kier alpha value is -3.24. The molecule has 0 radical (unpaired) electrons. The van der Waals surface area contributed by atoms with E-state index in [1.807, 2.05) is 21.0 Å². The van der Waals surface area contributed by atoms with Crippen molar-refractivity contribution in [2.75, 3.05) is 58.0 Å². The highest BCUT2D eigenvalue weighted by Crippen LogP contribution is 2.27. The number of aromatic nitrogens is 2. The van der Waals surface area contributed by atoms with E-state index in [4.69, 9.17) is 4.74 Å². The zero-order valence-electron chi connectivity index (χ0n) is 21.1. The first-order chi connectivity index (χ1) is 16.8. The largest absolute Gasteiger partial charge is 0.491 e. The van der Waals surface area contributed by atoms with Gasteiger partial charge in [0.2, 0.25) is 0 Å². The Balaban J connectivity index is 1.63. The lowest BCUT2D eigenvalue weighted by atomic mass is 10.1. The van der Waals surface area contributed by atoms with Crippen LogP contribution in [0, 0.1) is 6.92 Å². The van der Waals surface area contributed by atoms with Crippen LogP contribution in [0.4, 0.5) is 16.3 Å². The van der Waals surface area contributed by atoms with E-state index in [1.165, 1.54) is 19.0 Å². The third-order valence-electron chi connectivity index (χ3n) is 5.96. The Morgan fingerprint density at radius 3 is 2.71 bits per heavy atom. The van der Waals surface area contributed by atoms with Crippen molar-refractivity contribution in [3.8, 4) is 5.75 Å². The monoisotopic (exact) mass is 483 g/mol. The van der Waals surface area contributed by atoms with Gasteiger partial charge in [-0.3, -0.25) is 15.1 Å². The summed E-state index contributed by atoms with van der Waals surface area (Å²) in [6.45, 7) is 4.88. The number of urea groups is 1. The predicted octanol–water partition coefficient (Wildman–Crippen LogP) is 2.97. The van der Waals surface area contributed by atoms with Crippen molar-refractivity contribution in [1.82, 2.24) is 25.1 Å². The second-order valence-corrected chi connectivity index (χ2v) is 9.16. The molecule has 1 saturated heterocycles. The van der Waals surface area contributed by atoms with Crippen molar-refractivity contribution in [1.29, 1.82) is 0 Å². The molecule has 3 rings (SSSR count). The minimum absolute atomic E-state index is 0.158. The van der Waals surface area contributed by atoms with Crippen molar-refractivity contribution < 1.29 is 14.3 Å². The number of hydrogen-bond acceptors (Lipinski definition) is 7. The minimum atomic E-state index is -0.473. The maximum atomic E-state index is 12.8. The lowest BCUT2D eigenvalue weighted by molar-refractivity contribution is 0.0950. The van der Waals surface area contributed by atoms with Crippen molar-refractivity contribution in [2.24, 2.45) is 0 Å². The number of benzene rings is 1. The van der Waals surface area contributed by atoms with E-state index in [1.54, 1.807) is 24.4 Å². The number of nitrogens with zero attached hydrogens (tertiary/aromatic N) is 4. The van der Waals surface area contributed by atoms with Crippen LogP contribution < -0.4 is 20.7 Å². The maximum absolute atomic E-state index is 12.8. The molecule has 1 atom stereocenters. The molecule has 0 saturated carbocycles. The first-order valence-corrected chi connectivity index (χ1v) is 12.1. The van der Waals surface area contributed by atoms with E-state index in [0.717, 1.165) is 31.6 Å². The zero-order chi connectivity index (χ0) is 25.2. The summed E-state index contributed by atoms with van der Waals surface area (Å²) in [6.07, 6.45) is 7.19. The number of carbonyl (C=O) groups excluding carboxylic acids is 2. The Kier molecular flexibility index (Phi) is 9.80. The minimum Gasteiger partial charge on any atom is -0.491 e. The summed E-state index contributed by atoms with van der Waals surface area (Å²) in [7, 11) is 6.13.